The zero-order chi connectivity index (χ0) is 10.1. The Hall–Kier alpha value is -0.940. The van der Waals surface area contributed by atoms with Crippen LogP contribution in [0.5, 0.6) is 0 Å². The Labute approximate surface area is 74.8 Å². The fourth-order valence-electron chi connectivity index (χ4n) is 1.11. The molecule has 0 fully saturated rings. The van der Waals surface area contributed by atoms with Gasteiger partial charge in [-0.3, -0.25) is 0 Å². The molecule has 0 saturated heterocycles. The topological polar surface area (TPSA) is 51.2 Å². The lowest BCUT2D eigenvalue weighted by Crippen LogP contribution is -2.37. The van der Waals surface area contributed by atoms with Gasteiger partial charge >= 0.3 is 0 Å². The second-order valence-electron chi connectivity index (χ2n) is 2.94. The van der Waals surface area contributed by atoms with Crippen molar-refractivity contribution in [2.24, 2.45) is 12.8 Å². The highest BCUT2D eigenvalue weighted by atomic mass is 19.3. The van der Waals surface area contributed by atoms with Gasteiger partial charge in [0.2, 0.25) is 0 Å². The molecule has 0 aromatic carbocycles. The second kappa shape index (κ2) is 3.43. The summed E-state index contributed by atoms with van der Waals surface area (Å²) in [4.78, 5) is 0. The number of alkyl halides is 2. The van der Waals surface area contributed by atoms with E-state index in [4.69, 9.17) is 10.8 Å². The number of aryl methyl sites for hydroxylation is 1. The minimum atomic E-state index is -3.27. The lowest BCUT2D eigenvalue weighted by atomic mass is 10.1. The van der Waals surface area contributed by atoms with Crippen molar-refractivity contribution in [3.8, 4) is 0 Å². The van der Waals surface area contributed by atoms with Gasteiger partial charge in [0, 0.05) is 18.9 Å². The van der Waals surface area contributed by atoms with Crippen LogP contribution in [-0.2, 0) is 7.05 Å². The number of hydrogen-bond donors (Lipinski definition) is 2. The van der Waals surface area contributed by atoms with Gasteiger partial charge in [0.1, 0.15) is 12.6 Å². The van der Waals surface area contributed by atoms with Crippen LogP contribution in [0.15, 0.2) is 18.3 Å². The van der Waals surface area contributed by atoms with Crippen molar-refractivity contribution in [3.63, 3.8) is 0 Å². The summed E-state index contributed by atoms with van der Waals surface area (Å²) in [6.45, 7) is -1.24. The van der Waals surface area contributed by atoms with Crippen LogP contribution in [0, 0.1) is 0 Å². The Kier molecular flexibility index (Phi) is 2.68. The third kappa shape index (κ3) is 1.87. The number of nitrogens with zero attached hydrogens (tertiary/aromatic N) is 1. The molecule has 1 atom stereocenters. The van der Waals surface area contributed by atoms with Crippen LogP contribution in [0.4, 0.5) is 8.78 Å². The van der Waals surface area contributed by atoms with Crippen molar-refractivity contribution in [1.29, 1.82) is 0 Å². The number of hydrogen-bond acceptors (Lipinski definition) is 2. The van der Waals surface area contributed by atoms with Crippen LogP contribution in [0.2, 0.25) is 0 Å². The predicted molar refractivity (Wildman–Crippen MR) is 44.4 cm³/mol. The first-order chi connectivity index (χ1) is 5.99. The molecule has 1 rings (SSSR count). The van der Waals surface area contributed by atoms with Crippen LogP contribution < -0.4 is 5.73 Å². The van der Waals surface area contributed by atoms with E-state index in [0.29, 0.717) is 5.69 Å². The van der Waals surface area contributed by atoms with E-state index in [1.165, 1.54) is 10.6 Å². The first kappa shape index (κ1) is 10.1. The third-order valence-electron chi connectivity index (χ3n) is 1.97. The summed E-state index contributed by atoms with van der Waals surface area (Å²) in [7, 11) is 1.63. The Balaban J connectivity index is 2.91. The Morgan fingerprint density at radius 2 is 2.31 bits per heavy atom. The molecule has 0 bridgehead atoms. The Bertz CT molecular complexity index is 285. The van der Waals surface area contributed by atoms with E-state index < -0.39 is 18.6 Å². The first-order valence-electron chi connectivity index (χ1n) is 3.84. The first-order valence-corrected chi connectivity index (χ1v) is 3.84. The summed E-state index contributed by atoms with van der Waals surface area (Å²) in [6.07, 6.45) is 1.63. The average Bonchev–Trinajstić information content (AvgIpc) is 2.50. The molecule has 1 aromatic heterocycles. The van der Waals surface area contributed by atoms with E-state index in [-0.39, 0.29) is 0 Å². The summed E-state index contributed by atoms with van der Waals surface area (Å²) in [5.41, 5.74) is 5.60. The molecule has 0 spiro atoms. The maximum absolute atomic E-state index is 12.9. The molecule has 0 radical (unpaired) electrons. The lowest BCUT2D eigenvalue weighted by Gasteiger charge is -2.21. The SMILES string of the molecule is Cn1cccc1[C@@H](N)C(F)(F)CO. The van der Waals surface area contributed by atoms with Crippen molar-refractivity contribution in [2.75, 3.05) is 6.61 Å². The zero-order valence-electron chi connectivity index (χ0n) is 7.24. The van der Waals surface area contributed by atoms with E-state index >= 15 is 0 Å². The van der Waals surface area contributed by atoms with Gasteiger partial charge in [-0.05, 0) is 12.1 Å². The molecule has 74 valence electrons. The Morgan fingerprint density at radius 1 is 1.69 bits per heavy atom. The molecule has 13 heavy (non-hydrogen) atoms. The maximum atomic E-state index is 12.9. The normalized spacial score (nSPS) is 14.5. The summed E-state index contributed by atoms with van der Waals surface area (Å²) < 4.78 is 27.3. The van der Waals surface area contributed by atoms with Crippen molar-refractivity contribution in [2.45, 2.75) is 12.0 Å². The van der Waals surface area contributed by atoms with E-state index in [1.807, 2.05) is 0 Å². The highest BCUT2D eigenvalue weighted by Crippen LogP contribution is 2.28. The molecule has 0 unspecified atom stereocenters. The summed E-state index contributed by atoms with van der Waals surface area (Å²) in [5, 5.41) is 8.41. The van der Waals surface area contributed by atoms with Crippen LogP contribution in [0.25, 0.3) is 0 Å². The number of aromatic nitrogens is 1. The summed E-state index contributed by atoms with van der Waals surface area (Å²) in [5.74, 6) is -3.27. The van der Waals surface area contributed by atoms with Crippen molar-refractivity contribution in [1.82, 2.24) is 4.57 Å². The van der Waals surface area contributed by atoms with Gasteiger partial charge in [-0.25, -0.2) is 8.78 Å². The van der Waals surface area contributed by atoms with Crippen molar-refractivity contribution < 1.29 is 13.9 Å². The van der Waals surface area contributed by atoms with E-state index in [2.05, 4.69) is 0 Å². The molecular weight excluding hydrogens is 178 g/mol. The highest BCUT2D eigenvalue weighted by Gasteiger charge is 2.38. The van der Waals surface area contributed by atoms with Crippen LogP contribution >= 0.6 is 0 Å². The van der Waals surface area contributed by atoms with Crippen LogP contribution in [0.1, 0.15) is 11.7 Å². The Morgan fingerprint density at radius 3 is 2.69 bits per heavy atom. The lowest BCUT2D eigenvalue weighted by molar-refractivity contribution is -0.0726. The number of aliphatic hydroxyl groups is 1. The molecule has 3 N–H and O–H groups in total. The molecule has 0 aliphatic rings. The van der Waals surface area contributed by atoms with Crippen molar-refractivity contribution >= 4 is 0 Å². The van der Waals surface area contributed by atoms with E-state index in [9.17, 15) is 8.78 Å². The molecule has 5 heteroatoms. The molecular formula is C8H12F2N2O. The summed E-state index contributed by atoms with van der Waals surface area (Å²) in [6, 6.07) is 1.68. The van der Waals surface area contributed by atoms with Gasteiger partial charge in [0.15, 0.2) is 0 Å². The van der Waals surface area contributed by atoms with Gasteiger partial charge < -0.3 is 15.4 Å². The third-order valence-corrected chi connectivity index (χ3v) is 1.97. The molecule has 0 amide bonds. The minimum Gasteiger partial charge on any atom is -0.390 e. The monoisotopic (exact) mass is 190 g/mol. The molecule has 0 aliphatic carbocycles. The summed E-state index contributed by atoms with van der Waals surface area (Å²) >= 11 is 0. The fourth-order valence-corrected chi connectivity index (χ4v) is 1.11. The molecule has 1 aromatic rings. The van der Waals surface area contributed by atoms with Gasteiger partial charge in [-0.1, -0.05) is 0 Å². The molecule has 0 saturated carbocycles. The van der Waals surface area contributed by atoms with Gasteiger partial charge in [-0.15, -0.1) is 0 Å². The smallest absolute Gasteiger partial charge is 0.290 e. The predicted octanol–water partition coefficient (Wildman–Crippen LogP) is 0.653. The molecule has 3 nitrogen and oxygen atoms in total. The second-order valence-corrected chi connectivity index (χ2v) is 2.94. The minimum absolute atomic E-state index is 0.305. The number of rotatable bonds is 3. The average molecular weight is 190 g/mol. The number of halogens is 2. The van der Waals surface area contributed by atoms with Crippen molar-refractivity contribution in [3.05, 3.63) is 24.0 Å². The standard InChI is InChI=1S/C8H12F2N2O/c1-12-4-2-3-6(12)7(11)8(9,10)5-13/h2-4,7,13H,5,11H2,1H3/t7-/m1/s1. The number of aliphatic hydroxyl groups excluding tert-OH is 1. The molecule has 1 heterocycles. The largest absolute Gasteiger partial charge is 0.390 e. The number of nitrogens with two attached hydrogens (primary N) is 1. The molecule has 0 aliphatic heterocycles. The quantitative estimate of drug-likeness (QED) is 0.735. The van der Waals surface area contributed by atoms with Gasteiger partial charge in [0.25, 0.3) is 5.92 Å². The van der Waals surface area contributed by atoms with Crippen LogP contribution in [-0.4, -0.2) is 22.2 Å². The fraction of sp³-hybridized carbons (Fsp3) is 0.500. The van der Waals surface area contributed by atoms with E-state index in [0.717, 1.165) is 0 Å². The maximum Gasteiger partial charge on any atom is 0.290 e. The van der Waals surface area contributed by atoms with E-state index in [1.54, 1.807) is 19.3 Å². The van der Waals surface area contributed by atoms with Crippen LogP contribution in [0.3, 0.4) is 0 Å². The zero-order valence-corrected chi connectivity index (χ0v) is 7.24. The van der Waals surface area contributed by atoms with Gasteiger partial charge in [0.05, 0.1) is 0 Å². The highest BCUT2D eigenvalue weighted by molar-refractivity contribution is 5.13. The van der Waals surface area contributed by atoms with Gasteiger partial charge in [-0.2, -0.15) is 0 Å².